The fourth-order valence-electron chi connectivity index (χ4n) is 4.13. The van der Waals surface area contributed by atoms with E-state index in [2.05, 4.69) is 20.2 Å². The number of aromatic nitrogens is 2. The van der Waals surface area contributed by atoms with Crippen molar-refractivity contribution in [3.05, 3.63) is 53.3 Å². The second-order valence-electron chi connectivity index (χ2n) is 8.75. The molecule has 33 heavy (non-hydrogen) atoms. The number of nitrogens with one attached hydrogen (secondary N) is 1. The standard InChI is InChI=1S/C23H28F3N5OP/c1-14(16-10-17(23(24,25)26)12-18(27)11-16)28-22-20-13-19(4-5-21(20)29-15(2)30-22)33(32)8-6-31(3)7-9-33/h4-5,10-14,32H,6-9,27H2,1-3H3,(H,28,29,30). The maximum atomic E-state index is 13.3. The number of alkyl halides is 3. The van der Waals surface area contributed by atoms with Crippen LogP contribution in [-0.4, -0.2) is 52.2 Å². The van der Waals surface area contributed by atoms with Gasteiger partial charge in [0, 0.05) is 44.0 Å². The summed E-state index contributed by atoms with van der Waals surface area (Å²) in [6.07, 6.45) is -3.03. The van der Waals surface area contributed by atoms with Gasteiger partial charge in [-0.15, -0.1) is 0 Å². The number of nitrogen functional groups attached to an aromatic ring is 1. The number of aryl methyl sites for hydroxylation is 1. The molecule has 1 atom stereocenters. The second-order valence-corrected chi connectivity index (χ2v) is 12.0. The molecule has 0 amide bonds. The molecule has 1 radical (unpaired) electrons. The monoisotopic (exact) mass is 478 g/mol. The Kier molecular flexibility index (Phi) is 6.24. The van der Waals surface area contributed by atoms with Crippen LogP contribution in [0.3, 0.4) is 0 Å². The Labute approximate surface area is 191 Å². The van der Waals surface area contributed by atoms with Gasteiger partial charge in [0.05, 0.1) is 17.1 Å². The SMILES string of the molecule is Cc1nc(NC(C)c2cc(N)cc(C(F)(F)F)c2)c2cc([P]3(O)CCN(C)CC3)ccc2n1. The van der Waals surface area contributed by atoms with Crippen LogP contribution in [0.1, 0.15) is 29.9 Å². The summed E-state index contributed by atoms with van der Waals surface area (Å²) in [5, 5.41) is 4.88. The van der Waals surface area contributed by atoms with E-state index in [1.807, 2.05) is 25.2 Å². The number of nitrogens with two attached hydrogens (primary N) is 1. The van der Waals surface area contributed by atoms with Crippen LogP contribution in [0.2, 0.25) is 0 Å². The van der Waals surface area contributed by atoms with Gasteiger partial charge in [-0.2, -0.15) is 13.2 Å². The zero-order valence-corrected chi connectivity index (χ0v) is 19.7. The van der Waals surface area contributed by atoms with E-state index in [1.165, 1.54) is 6.07 Å². The van der Waals surface area contributed by atoms with Crippen LogP contribution >= 0.6 is 7.49 Å². The largest absolute Gasteiger partial charge is 0.416 e. The molecule has 0 saturated carbocycles. The third-order valence-electron chi connectivity index (χ3n) is 6.13. The predicted octanol–water partition coefficient (Wildman–Crippen LogP) is 4.21. The molecule has 4 rings (SSSR count). The zero-order valence-electron chi connectivity index (χ0n) is 18.8. The normalized spacial score (nSPS) is 17.8. The van der Waals surface area contributed by atoms with E-state index >= 15 is 0 Å². The van der Waals surface area contributed by atoms with Gasteiger partial charge >= 0.3 is 6.18 Å². The van der Waals surface area contributed by atoms with Crippen molar-refractivity contribution in [3.8, 4) is 0 Å². The molecule has 1 saturated heterocycles. The van der Waals surface area contributed by atoms with Gasteiger partial charge < -0.3 is 20.8 Å². The molecule has 2 aromatic carbocycles. The first kappa shape index (κ1) is 23.7. The Morgan fingerprint density at radius 1 is 1.12 bits per heavy atom. The van der Waals surface area contributed by atoms with Crippen LogP contribution in [0.15, 0.2) is 36.4 Å². The van der Waals surface area contributed by atoms with Gasteiger partial charge in [-0.3, -0.25) is 0 Å². The van der Waals surface area contributed by atoms with E-state index in [-0.39, 0.29) is 5.69 Å². The summed E-state index contributed by atoms with van der Waals surface area (Å²) in [7, 11) is -0.234. The lowest BCUT2D eigenvalue weighted by atomic mass is 10.0. The highest BCUT2D eigenvalue weighted by molar-refractivity contribution is 7.77. The van der Waals surface area contributed by atoms with E-state index in [1.54, 1.807) is 13.8 Å². The predicted molar refractivity (Wildman–Crippen MR) is 128 cm³/mol. The van der Waals surface area contributed by atoms with Gasteiger partial charge in [0.15, 0.2) is 0 Å². The lowest BCUT2D eigenvalue weighted by molar-refractivity contribution is -0.137. The quantitative estimate of drug-likeness (QED) is 0.385. The molecule has 1 unspecified atom stereocenters. The minimum absolute atomic E-state index is 0.0498. The molecule has 1 aliphatic rings. The Balaban J connectivity index is 1.71. The summed E-state index contributed by atoms with van der Waals surface area (Å²) in [6.45, 7) is 5.21. The molecule has 1 aliphatic heterocycles. The van der Waals surface area contributed by atoms with Gasteiger partial charge in [0.1, 0.15) is 11.6 Å². The van der Waals surface area contributed by atoms with Gasteiger partial charge in [0.2, 0.25) is 0 Å². The molecule has 0 spiro atoms. The number of nitrogens with zero attached hydrogens (tertiary/aromatic N) is 3. The molecule has 0 bridgehead atoms. The molecule has 6 nitrogen and oxygen atoms in total. The van der Waals surface area contributed by atoms with E-state index in [4.69, 9.17) is 5.73 Å². The van der Waals surface area contributed by atoms with Gasteiger partial charge in [-0.05, 0) is 62.1 Å². The smallest absolute Gasteiger partial charge is 0.399 e. The lowest BCUT2D eigenvalue weighted by Gasteiger charge is -2.38. The van der Waals surface area contributed by atoms with E-state index in [0.717, 1.165) is 48.2 Å². The third kappa shape index (κ3) is 5.05. The fourth-order valence-corrected chi connectivity index (χ4v) is 6.94. The van der Waals surface area contributed by atoms with Crippen molar-refractivity contribution in [2.24, 2.45) is 0 Å². The molecule has 177 valence electrons. The summed E-state index contributed by atoms with van der Waals surface area (Å²) >= 11 is 0. The molecular formula is C23H28F3N5OP. The first-order valence-corrected chi connectivity index (χ1v) is 12.9. The Morgan fingerprint density at radius 3 is 2.48 bits per heavy atom. The summed E-state index contributed by atoms with van der Waals surface area (Å²) in [6, 6.07) is 8.82. The van der Waals surface area contributed by atoms with Crippen molar-refractivity contribution in [1.82, 2.24) is 14.9 Å². The first-order chi connectivity index (χ1) is 15.4. The van der Waals surface area contributed by atoms with Crippen LogP contribution in [-0.2, 0) is 6.18 Å². The first-order valence-electron chi connectivity index (χ1n) is 10.8. The zero-order chi connectivity index (χ0) is 24.0. The van der Waals surface area contributed by atoms with Crippen LogP contribution in [0, 0.1) is 6.92 Å². The maximum Gasteiger partial charge on any atom is 0.416 e. The molecule has 0 aliphatic carbocycles. The van der Waals surface area contributed by atoms with Crippen molar-refractivity contribution in [2.45, 2.75) is 26.1 Å². The summed E-state index contributed by atoms with van der Waals surface area (Å²) in [5.41, 5.74) is 6.13. The highest BCUT2D eigenvalue weighted by atomic mass is 31.2. The number of halogens is 3. The summed E-state index contributed by atoms with van der Waals surface area (Å²) < 4.78 is 39.8. The summed E-state index contributed by atoms with van der Waals surface area (Å²) in [5.74, 6) is 1.06. The van der Waals surface area contributed by atoms with Gasteiger partial charge in [0.25, 0.3) is 0 Å². The molecule has 1 aromatic heterocycles. The van der Waals surface area contributed by atoms with Crippen molar-refractivity contribution in [2.75, 3.05) is 43.5 Å². The van der Waals surface area contributed by atoms with E-state index in [9.17, 15) is 18.1 Å². The average molecular weight is 478 g/mol. The summed E-state index contributed by atoms with van der Waals surface area (Å²) in [4.78, 5) is 22.6. The van der Waals surface area contributed by atoms with Gasteiger partial charge in [-0.1, -0.05) is 6.07 Å². The van der Waals surface area contributed by atoms with Crippen molar-refractivity contribution >= 4 is 35.2 Å². The molecule has 4 N–H and O–H groups in total. The molecule has 3 aromatic rings. The number of fused-ring (bicyclic) bond motifs is 1. The van der Waals surface area contributed by atoms with Crippen molar-refractivity contribution in [3.63, 3.8) is 0 Å². The van der Waals surface area contributed by atoms with Crippen LogP contribution in [0.4, 0.5) is 24.7 Å². The average Bonchev–Trinajstić information content (AvgIpc) is 2.74. The molecule has 10 heteroatoms. The minimum atomic E-state index is -4.48. The minimum Gasteiger partial charge on any atom is -0.399 e. The maximum absolute atomic E-state index is 13.3. The van der Waals surface area contributed by atoms with Crippen LogP contribution < -0.4 is 16.4 Å². The molecule has 1 fully saturated rings. The lowest BCUT2D eigenvalue weighted by Crippen LogP contribution is -2.36. The topological polar surface area (TPSA) is 87.3 Å². The van der Waals surface area contributed by atoms with E-state index in [0.29, 0.717) is 22.7 Å². The Hall–Kier alpha value is -2.48. The number of hydrogen-bond acceptors (Lipinski definition) is 6. The highest BCUT2D eigenvalue weighted by Crippen LogP contribution is 2.54. The van der Waals surface area contributed by atoms with Crippen LogP contribution in [0.25, 0.3) is 10.9 Å². The Bertz CT molecular complexity index is 1180. The number of rotatable bonds is 4. The van der Waals surface area contributed by atoms with Crippen molar-refractivity contribution < 1.29 is 18.1 Å². The highest BCUT2D eigenvalue weighted by Gasteiger charge is 2.32. The second kappa shape index (κ2) is 8.70. The number of hydrogen-bond donors (Lipinski definition) is 3. The van der Waals surface area contributed by atoms with E-state index < -0.39 is 25.3 Å². The van der Waals surface area contributed by atoms with Crippen LogP contribution in [0.5, 0.6) is 0 Å². The molecule has 2 heterocycles. The van der Waals surface area contributed by atoms with Gasteiger partial charge in [-0.25, -0.2) is 9.97 Å². The number of benzene rings is 2. The fraction of sp³-hybridized carbons (Fsp3) is 0.391. The molecular weight excluding hydrogens is 450 g/mol. The Morgan fingerprint density at radius 2 is 1.82 bits per heavy atom. The van der Waals surface area contributed by atoms with Crippen molar-refractivity contribution in [1.29, 1.82) is 0 Å². The number of anilines is 2. The third-order valence-corrected chi connectivity index (χ3v) is 9.25.